The zero-order valence-corrected chi connectivity index (χ0v) is 17.0. The molecule has 1 heterocycles. The van der Waals surface area contributed by atoms with Crippen molar-refractivity contribution in [3.8, 4) is 0 Å². The number of allylic oxidation sites excluding steroid dienone is 3. The fourth-order valence-corrected chi connectivity index (χ4v) is 7.68. The number of fused-ring (bicyclic) bond motifs is 5. The molecular formula is C25H33NO. The van der Waals surface area contributed by atoms with Gasteiger partial charge in [-0.3, -0.25) is 4.98 Å². The second-order valence-electron chi connectivity index (χ2n) is 10.1. The Morgan fingerprint density at radius 3 is 2.67 bits per heavy atom. The van der Waals surface area contributed by atoms with Gasteiger partial charge in [0.2, 0.25) is 0 Å². The number of aromatic nitrogens is 1. The van der Waals surface area contributed by atoms with E-state index in [9.17, 15) is 5.11 Å². The van der Waals surface area contributed by atoms with Crippen molar-refractivity contribution >= 4 is 5.57 Å². The van der Waals surface area contributed by atoms with Crippen molar-refractivity contribution in [3.63, 3.8) is 0 Å². The third-order valence-corrected chi connectivity index (χ3v) is 9.14. The minimum atomic E-state index is -0.191. The zero-order chi connectivity index (χ0) is 18.8. The van der Waals surface area contributed by atoms with Gasteiger partial charge in [-0.1, -0.05) is 31.6 Å². The number of pyridine rings is 1. The zero-order valence-electron chi connectivity index (χ0n) is 17.0. The van der Waals surface area contributed by atoms with Crippen LogP contribution in [0.5, 0.6) is 0 Å². The lowest BCUT2D eigenvalue weighted by Crippen LogP contribution is -2.50. The van der Waals surface area contributed by atoms with Crippen LogP contribution in [0.4, 0.5) is 0 Å². The molecule has 4 aliphatic carbocycles. The first-order valence-corrected chi connectivity index (χ1v) is 10.9. The smallest absolute Gasteiger partial charge is 0.0750 e. The summed E-state index contributed by atoms with van der Waals surface area (Å²) < 4.78 is 0. The van der Waals surface area contributed by atoms with Gasteiger partial charge < -0.3 is 5.11 Å². The van der Waals surface area contributed by atoms with Gasteiger partial charge in [0.05, 0.1) is 6.10 Å². The molecule has 1 N–H and O–H groups in total. The topological polar surface area (TPSA) is 33.1 Å². The molecule has 4 unspecified atom stereocenters. The van der Waals surface area contributed by atoms with Crippen molar-refractivity contribution in [1.29, 1.82) is 0 Å². The SMILES string of the molecule is CC1=C2CCC3C(CC[C@]4(C)C(c5cccnc5)=CCC34)[C@@]2(C)CCC1O. The summed E-state index contributed by atoms with van der Waals surface area (Å²) in [6, 6.07) is 4.32. The lowest BCUT2D eigenvalue weighted by molar-refractivity contribution is -0.0301. The second-order valence-corrected chi connectivity index (χ2v) is 10.1. The molecule has 1 aromatic heterocycles. The lowest BCUT2D eigenvalue weighted by atomic mass is 9.46. The molecule has 5 rings (SSSR count). The average molecular weight is 364 g/mol. The van der Waals surface area contributed by atoms with Crippen molar-refractivity contribution in [1.82, 2.24) is 4.98 Å². The Hall–Kier alpha value is -1.41. The molecule has 0 radical (unpaired) electrons. The summed E-state index contributed by atoms with van der Waals surface area (Å²) in [5.41, 5.74) is 6.44. The van der Waals surface area contributed by atoms with Crippen LogP contribution in [0.25, 0.3) is 5.57 Å². The van der Waals surface area contributed by atoms with E-state index < -0.39 is 0 Å². The van der Waals surface area contributed by atoms with Crippen molar-refractivity contribution < 1.29 is 5.11 Å². The molecule has 2 fully saturated rings. The van der Waals surface area contributed by atoms with Gasteiger partial charge >= 0.3 is 0 Å². The molecule has 2 nitrogen and oxygen atoms in total. The maximum Gasteiger partial charge on any atom is 0.0750 e. The van der Waals surface area contributed by atoms with Crippen LogP contribution in [-0.2, 0) is 0 Å². The summed E-state index contributed by atoms with van der Waals surface area (Å²) in [5, 5.41) is 10.4. The molecule has 27 heavy (non-hydrogen) atoms. The van der Waals surface area contributed by atoms with E-state index in [1.807, 2.05) is 6.20 Å². The first kappa shape index (κ1) is 17.7. The molecule has 0 spiro atoms. The van der Waals surface area contributed by atoms with Crippen molar-refractivity contribution in [2.75, 3.05) is 0 Å². The summed E-state index contributed by atoms with van der Waals surface area (Å²) in [6.45, 7) is 7.26. The molecular weight excluding hydrogens is 330 g/mol. The van der Waals surface area contributed by atoms with Crippen molar-refractivity contribution in [2.24, 2.45) is 28.6 Å². The highest BCUT2D eigenvalue weighted by molar-refractivity contribution is 5.72. The van der Waals surface area contributed by atoms with Crippen LogP contribution in [0.3, 0.4) is 0 Å². The number of nitrogens with zero attached hydrogens (tertiary/aromatic N) is 1. The summed E-state index contributed by atoms with van der Waals surface area (Å²) >= 11 is 0. The lowest BCUT2D eigenvalue weighted by Gasteiger charge is -2.59. The molecule has 1 aromatic rings. The maximum atomic E-state index is 10.4. The van der Waals surface area contributed by atoms with Gasteiger partial charge in [-0.2, -0.15) is 0 Å². The van der Waals surface area contributed by atoms with Crippen molar-refractivity contribution in [3.05, 3.63) is 47.3 Å². The molecule has 144 valence electrons. The van der Waals surface area contributed by atoms with Gasteiger partial charge in [-0.05, 0) is 103 Å². The standard InChI is InChI=1S/C25H33NO/c1-16-19-7-6-18-21-9-8-20(17-5-4-14-26-15-17)25(21,3)12-10-22(18)24(19,2)13-11-23(16)27/h4-5,8,14-15,18,21-23,27H,6-7,9-13H2,1-3H3/t18?,21?,22?,23?,24-,25+/m0/s1. The minimum absolute atomic E-state index is 0.191. The first-order valence-electron chi connectivity index (χ1n) is 10.9. The van der Waals surface area contributed by atoms with Gasteiger partial charge in [-0.25, -0.2) is 0 Å². The van der Waals surface area contributed by atoms with Gasteiger partial charge in [0, 0.05) is 12.4 Å². The number of rotatable bonds is 1. The van der Waals surface area contributed by atoms with E-state index in [1.165, 1.54) is 49.7 Å². The van der Waals surface area contributed by atoms with Gasteiger partial charge in [0.1, 0.15) is 0 Å². The molecule has 0 aromatic carbocycles. The molecule has 2 saturated carbocycles. The number of aliphatic hydroxyl groups is 1. The quantitative estimate of drug-likeness (QED) is 0.641. The minimum Gasteiger partial charge on any atom is -0.389 e. The van der Waals surface area contributed by atoms with E-state index in [1.54, 1.807) is 11.1 Å². The van der Waals surface area contributed by atoms with E-state index in [4.69, 9.17) is 0 Å². The van der Waals surface area contributed by atoms with Crippen LogP contribution in [0.2, 0.25) is 0 Å². The summed E-state index contributed by atoms with van der Waals surface area (Å²) in [4.78, 5) is 4.39. The van der Waals surface area contributed by atoms with E-state index >= 15 is 0 Å². The monoisotopic (exact) mass is 363 g/mol. The Morgan fingerprint density at radius 2 is 1.89 bits per heavy atom. The van der Waals surface area contributed by atoms with Crippen LogP contribution in [0.1, 0.15) is 71.3 Å². The third-order valence-electron chi connectivity index (χ3n) is 9.14. The summed E-state index contributed by atoms with van der Waals surface area (Å²) in [7, 11) is 0. The predicted molar refractivity (Wildman–Crippen MR) is 110 cm³/mol. The van der Waals surface area contributed by atoms with E-state index in [0.29, 0.717) is 10.8 Å². The summed E-state index contributed by atoms with van der Waals surface area (Å²) in [6.07, 6.45) is 14.8. The molecule has 6 atom stereocenters. The molecule has 2 heteroatoms. The van der Waals surface area contributed by atoms with Crippen LogP contribution >= 0.6 is 0 Å². The van der Waals surface area contributed by atoms with Crippen LogP contribution < -0.4 is 0 Å². The Balaban J connectivity index is 1.49. The van der Waals surface area contributed by atoms with E-state index in [2.05, 4.69) is 50.2 Å². The Labute approximate surface area is 163 Å². The fourth-order valence-electron chi connectivity index (χ4n) is 7.68. The molecule has 4 aliphatic rings. The maximum absolute atomic E-state index is 10.4. The number of hydrogen-bond acceptors (Lipinski definition) is 2. The highest BCUT2D eigenvalue weighted by atomic mass is 16.3. The van der Waals surface area contributed by atoms with E-state index in [-0.39, 0.29) is 6.10 Å². The number of hydrogen-bond donors (Lipinski definition) is 1. The molecule has 0 aliphatic heterocycles. The van der Waals surface area contributed by atoms with Gasteiger partial charge in [0.25, 0.3) is 0 Å². The largest absolute Gasteiger partial charge is 0.389 e. The first-order chi connectivity index (χ1) is 12.9. The summed E-state index contributed by atoms with van der Waals surface area (Å²) in [5.74, 6) is 2.39. The highest BCUT2D eigenvalue weighted by Gasteiger charge is 2.57. The Bertz CT molecular complexity index is 809. The molecule has 0 bridgehead atoms. The second kappa shape index (κ2) is 6.04. The van der Waals surface area contributed by atoms with E-state index in [0.717, 1.165) is 24.2 Å². The van der Waals surface area contributed by atoms with Crippen LogP contribution in [0, 0.1) is 28.6 Å². The highest BCUT2D eigenvalue weighted by Crippen LogP contribution is 2.67. The third kappa shape index (κ3) is 2.38. The Kier molecular flexibility index (Phi) is 3.95. The molecule has 0 amide bonds. The van der Waals surface area contributed by atoms with Crippen LogP contribution in [0.15, 0.2) is 41.7 Å². The number of aliphatic hydroxyl groups excluding tert-OH is 1. The predicted octanol–water partition coefficient (Wildman–Crippen LogP) is 5.79. The van der Waals surface area contributed by atoms with Gasteiger partial charge in [0.15, 0.2) is 0 Å². The van der Waals surface area contributed by atoms with Crippen LogP contribution in [-0.4, -0.2) is 16.2 Å². The average Bonchev–Trinajstić information content (AvgIpc) is 3.03. The normalized spacial score (nSPS) is 43.6. The van der Waals surface area contributed by atoms with Gasteiger partial charge in [-0.15, -0.1) is 0 Å². The fraction of sp³-hybridized carbons (Fsp3) is 0.640. The molecule has 0 saturated heterocycles. The Morgan fingerprint density at radius 1 is 1.07 bits per heavy atom. The van der Waals surface area contributed by atoms with Crippen molar-refractivity contribution in [2.45, 2.75) is 71.8 Å².